The molecule has 0 unspecified atom stereocenters. The van der Waals surface area contributed by atoms with E-state index in [4.69, 9.17) is 5.73 Å². The van der Waals surface area contributed by atoms with Gasteiger partial charge in [0.05, 0.1) is 6.42 Å². The van der Waals surface area contributed by atoms with Gasteiger partial charge in [-0.15, -0.1) is 13.2 Å². The molecule has 0 fully saturated rings. The van der Waals surface area contributed by atoms with E-state index in [1.54, 1.807) is 4.90 Å². The predicted octanol–water partition coefficient (Wildman–Crippen LogP) is 3.69. The number of benzene rings is 2. The highest BCUT2D eigenvalue weighted by molar-refractivity contribution is 5.96. The molecular formula is C18H17F3N2O2. The molecule has 0 radical (unpaired) electrons. The van der Waals surface area contributed by atoms with Crippen LogP contribution < -0.4 is 15.4 Å². The smallest absolute Gasteiger partial charge is 0.406 e. The molecule has 0 spiro atoms. The average Bonchev–Trinajstić information content (AvgIpc) is 2.55. The van der Waals surface area contributed by atoms with Gasteiger partial charge < -0.3 is 15.4 Å². The molecule has 4 nitrogen and oxygen atoms in total. The molecule has 0 bridgehead atoms. The van der Waals surface area contributed by atoms with E-state index in [2.05, 4.69) is 4.74 Å². The standard InChI is InChI=1S/C18H17F3N2O2/c19-18(20,21)25-13-8-6-12(7-9-13)11-17(24)23-10-2-3-14-15(22)4-1-5-16(14)23/h1,4-9H,2-3,10-11,22H2. The van der Waals surface area contributed by atoms with Crippen molar-refractivity contribution in [1.82, 2.24) is 0 Å². The highest BCUT2D eigenvalue weighted by atomic mass is 19.4. The summed E-state index contributed by atoms with van der Waals surface area (Å²) in [5.41, 5.74) is 9.05. The molecule has 0 saturated carbocycles. The molecule has 0 aromatic heterocycles. The first kappa shape index (κ1) is 17.1. The number of nitrogens with two attached hydrogens (primary N) is 1. The summed E-state index contributed by atoms with van der Waals surface area (Å²) in [6.45, 7) is 0.602. The molecule has 132 valence electrons. The number of hydrogen-bond donors (Lipinski definition) is 1. The molecule has 0 aliphatic carbocycles. The van der Waals surface area contributed by atoms with Crippen LogP contribution in [-0.4, -0.2) is 18.8 Å². The number of nitrogens with zero attached hydrogens (tertiary/aromatic N) is 1. The van der Waals surface area contributed by atoms with Gasteiger partial charge in [0.1, 0.15) is 5.75 Å². The van der Waals surface area contributed by atoms with Crippen LogP contribution in [0.15, 0.2) is 42.5 Å². The molecule has 2 aromatic carbocycles. The Labute approximate surface area is 143 Å². The van der Waals surface area contributed by atoms with Crippen LogP contribution in [0.4, 0.5) is 24.5 Å². The maximum absolute atomic E-state index is 12.6. The summed E-state index contributed by atoms with van der Waals surface area (Å²) in [4.78, 5) is 14.3. The Morgan fingerprint density at radius 1 is 1.16 bits per heavy atom. The van der Waals surface area contributed by atoms with E-state index in [-0.39, 0.29) is 18.1 Å². The number of anilines is 2. The van der Waals surface area contributed by atoms with Crippen LogP contribution in [-0.2, 0) is 17.6 Å². The topological polar surface area (TPSA) is 55.6 Å². The van der Waals surface area contributed by atoms with Gasteiger partial charge in [-0.1, -0.05) is 18.2 Å². The lowest BCUT2D eigenvalue weighted by atomic mass is 9.99. The molecule has 1 heterocycles. The first-order chi connectivity index (χ1) is 11.8. The Balaban J connectivity index is 1.72. The van der Waals surface area contributed by atoms with Gasteiger partial charge in [0.25, 0.3) is 0 Å². The summed E-state index contributed by atoms with van der Waals surface area (Å²) in [7, 11) is 0. The number of amides is 1. The first-order valence-electron chi connectivity index (χ1n) is 7.86. The summed E-state index contributed by atoms with van der Waals surface area (Å²) < 4.78 is 40.4. The van der Waals surface area contributed by atoms with Crippen LogP contribution in [0.25, 0.3) is 0 Å². The van der Waals surface area contributed by atoms with Crippen molar-refractivity contribution in [3.8, 4) is 5.75 Å². The van der Waals surface area contributed by atoms with Gasteiger partial charge in [0.15, 0.2) is 0 Å². The van der Waals surface area contributed by atoms with Gasteiger partial charge in [0.2, 0.25) is 5.91 Å². The van der Waals surface area contributed by atoms with Crippen molar-refractivity contribution in [2.24, 2.45) is 0 Å². The van der Waals surface area contributed by atoms with Gasteiger partial charge in [-0.2, -0.15) is 0 Å². The molecule has 25 heavy (non-hydrogen) atoms. The molecule has 3 rings (SSSR count). The Morgan fingerprint density at radius 2 is 1.88 bits per heavy atom. The third kappa shape index (κ3) is 4.04. The van der Waals surface area contributed by atoms with Crippen LogP contribution in [0, 0.1) is 0 Å². The summed E-state index contributed by atoms with van der Waals surface area (Å²) >= 11 is 0. The molecule has 2 aromatic rings. The number of nitrogen functional groups attached to an aromatic ring is 1. The molecule has 2 N–H and O–H groups in total. The number of halogens is 3. The molecule has 1 amide bonds. The zero-order chi connectivity index (χ0) is 18.0. The van der Waals surface area contributed by atoms with Gasteiger partial charge >= 0.3 is 6.36 Å². The van der Waals surface area contributed by atoms with Gasteiger partial charge in [-0.25, -0.2) is 0 Å². The van der Waals surface area contributed by atoms with E-state index < -0.39 is 6.36 Å². The number of fused-ring (bicyclic) bond motifs is 1. The lowest BCUT2D eigenvalue weighted by Gasteiger charge is -2.30. The lowest BCUT2D eigenvalue weighted by molar-refractivity contribution is -0.274. The summed E-state index contributed by atoms with van der Waals surface area (Å²) in [5, 5.41) is 0. The van der Waals surface area contributed by atoms with Crippen LogP contribution in [0.5, 0.6) is 5.75 Å². The van der Waals surface area contributed by atoms with Crippen molar-refractivity contribution in [2.45, 2.75) is 25.6 Å². The van der Waals surface area contributed by atoms with Crippen molar-refractivity contribution >= 4 is 17.3 Å². The van der Waals surface area contributed by atoms with E-state index in [1.807, 2.05) is 18.2 Å². The molecule has 7 heteroatoms. The van der Waals surface area contributed by atoms with Gasteiger partial charge in [-0.3, -0.25) is 4.79 Å². The zero-order valence-electron chi connectivity index (χ0n) is 13.3. The molecule has 1 aliphatic rings. The van der Waals surface area contributed by atoms with E-state index >= 15 is 0 Å². The molecule has 0 saturated heterocycles. The Bertz CT molecular complexity index is 773. The second kappa shape index (κ2) is 6.66. The number of rotatable bonds is 3. The number of ether oxygens (including phenoxy) is 1. The zero-order valence-corrected chi connectivity index (χ0v) is 13.3. The van der Waals surface area contributed by atoms with E-state index in [0.29, 0.717) is 17.8 Å². The van der Waals surface area contributed by atoms with Crippen LogP contribution >= 0.6 is 0 Å². The van der Waals surface area contributed by atoms with Crippen LogP contribution in [0.3, 0.4) is 0 Å². The second-order valence-corrected chi connectivity index (χ2v) is 5.86. The van der Waals surface area contributed by atoms with Gasteiger partial charge in [-0.05, 0) is 48.2 Å². The highest BCUT2D eigenvalue weighted by Gasteiger charge is 2.31. The quantitative estimate of drug-likeness (QED) is 0.859. The average molecular weight is 350 g/mol. The van der Waals surface area contributed by atoms with Crippen molar-refractivity contribution in [2.75, 3.05) is 17.2 Å². The number of carbonyl (C=O) groups is 1. The third-order valence-electron chi connectivity index (χ3n) is 4.10. The Kier molecular flexibility index (Phi) is 4.57. The van der Waals surface area contributed by atoms with Crippen molar-refractivity contribution in [1.29, 1.82) is 0 Å². The van der Waals surface area contributed by atoms with Crippen LogP contribution in [0.2, 0.25) is 0 Å². The Hall–Kier alpha value is -2.70. The summed E-state index contributed by atoms with van der Waals surface area (Å²) in [5.74, 6) is -0.421. The van der Waals surface area contributed by atoms with E-state index in [0.717, 1.165) is 24.1 Å². The van der Waals surface area contributed by atoms with E-state index in [9.17, 15) is 18.0 Å². The van der Waals surface area contributed by atoms with Crippen molar-refractivity contribution in [3.05, 3.63) is 53.6 Å². The highest BCUT2D eigenvalue weighted by Crippen LogP contribution is 2.31. The fraction of sp³-hybridized carbons (Fsp3) is 0.278. The van der Waals surface area contributed by atoms with Gasteiger partial charge in [0, 0.05) is 17.9 Å². The SMILES string of the molecule is Nc1cccc2c1CCCN2C(=O)Cc1ccc(OC(F)(F)F)cc1. The van der Waals surface area contributed by atoms with E-state index in [1.165, 1.54) is 24.3 Å². The number of hydrogen-bond acceptors (Lipinski definition) is 3. The largest absolute Gasteiger partial charge is 0.573 e. The summed E-state index contributed by atoms with van der Waals surface area (Å²) in [6, 6.07) is 10.8. The fourth-order valence-corrected chi connectivity index (χ4v) is 2.99. The predicted molar refractivity (Wildman–Crippen MR) is 88.4 cm³/mol. The maximum atomic E-state index is 12.6. The lowest BCUT2D eigenvalue weighted by Crippen LogP contribution is -2.36. The molecule has 1 aliphatic heterocycles. The fourth-order valence-electron chi connectivity index (χ4n) is 2.99. The second-order valence-electron chi connectivity index (χ2n) is 5.86. The Morgan fingerprint density at radius 3 is 2.56 bits per heavy atom. The minimum Gasteiger partial charge on any atom is -0.406 e. The van der Waals surface area contributed by atoms with Crippen molar-refractivity contribution in [3.63, 3.8) is 0 Å². The monoisotopic (exact) mass is 350 g/mol. The number of carbonyl (C=O) groups excluding carboxylic acids is 1. The minimum absolute atomic E-state index is 0.0978. The first-order valence-corrected chi connectivity index (χ1v) is 7.86. The molecular weight excluding hydrogens is 333 g/mol. The van der Waals surface area contributed by atoms with Crippen molar-refractivity contribution < 1.29 is 22.7 Å². The molecule has 0 atom stereocenters. The summed E-state index contributed by atoms with van der Waals surface area (Å²) in [6.07, 6.45) is -2.98. The minimum atomic E-state index is -4.73. The number of alkyl halides is 3. The maximum Gasteiger partial charge on any atom is 0.573 e. The van der Waals surface area contributed by atoms with Crippen LogP contribution in [0.1, 0.15) is 17.5 Å². The normalized spacial score (nSPS) is 14.1. The third-order valence-corrected chi connectivity index (χ3v) is 4.10.